The van der Waals surface area contributed by atoms with Crippen LogP contribution in [0.4, 0.5) is 0 Å². The van der Waals surface area contributed by atoms with E-state index in [9.17, 15) is 5.11 Å². The Kier molecular flexibility index (Phi) is 14.0. The molecule has 0 aromatic heterocycles. The minimum Gasteiger partial charge on any atom is -0.396 e. The fourth-order valence-corrected chi connectivity index (χ4v) is 3.57. The van der Waals surface area contributed by atoms with Gasteiger partial charge < -0.3 is 14.6 Å². The van der Waals surface area contributed by atoms with Gasteiger partial charge in [0, 0.05) is 12.5 Å². The van der Waals surface area contributed by atoms with E-state index in [-0.39, 0.29) is 18.8 Å². The summed E-state index contributed by atoms with van der Waals surface area (Å²) >= 11 is 0. The van der Waals surface area contributed by atoms with Gasteiger partial charge in [0.05, 0.1) is 12.2 Å². The summed E-state index contributed by atoms with van der Waals surface area (Å²) in [7, 11) is 0. The average molecular weight is 345 g/mol. The van der Waals surface area contributed by atoms with Crippen molar-refractivity contribution in [3.8, 4) is 0 Å². The van der Waals surface area contributed by atoms with Gasteiger partial charge in [0.1, 0.15) is 0 Å². The SMILES string of the molecule is CCCCCCCCC(CCCO)C(CC)(OC(C)C)OC(C)C. The van der Waals surface area contributed by atoms with E-state index in [1.807, 2.05) is 0 Å². The topological polar surface area (TPSA) is 38.7 Å². The molecule has 0 heterocycles. The van der Waals surface area contributed by atoms with Gasteiger partial charge in [-0.15, -0.1) is 0 Å². The van der Waals surface area contributed by atoms with Crippen molar-refractivity contribution >= 4 is 0 Å². The average Bonchev–Trinajstić information content (AvgIpc) is 2.51. The number of hydrogen-bond acceptors (Lipinski definition) is 3. The highest BCUT2D eigenvalue weighted by molar-refractivity contribution is 4.81. The maximum Gasteiger partial charge on any atom is 0.171 e. The van der Waals surface area contributed by atoms with Crippen molar-refractivity contribution in [2.24, 2.45) is 5.92 Å². The van der Waals surface area contributed by atoms with Gasteiger partial charge in [0.2, 0.25) is 0 Å². The molecule has 3 nitrogen and oxygen atoms in total. The number of unbranched alkanes of at least 4 members (excludes halogenated alkanes) is 5. The van der Waals surface area contributed by atoms with Crippen LogP contribution in [0.3, 0.4) is 0 Å². The molecule has 0 aromatic rings. The first kappa shape index (κ1) is 23.9. The lowest BCUT2D eigenvalue weighted by molar-refractivity contribution is -0.299. The number of aliphatic hydroxyl groups excluding tert-OH is 1. The molecule has 1 N–H and O–H groups in total. The molecule has 0 bridgehead atoms. The van der Waals surface area contributed by atoms with Crippen molar-refractivity contribution in [2.45, 2.75) is 124 Å². The van der Waals surface area contributed by atoms with Gasteiger partial charge in [0.15, 0.2) is 5.79 Å². The molecule has 24 heavy (non-hydrogen) atoms. The fourth-order valence-electron chi connectivity index (χ4n) is 3.57. The minimum absolute atomic E-state index is 0.143. The first-order valence-corrected chi connectivity index (χ1v) is 10.4. The van der Waals surface area contributed by atoms with Crippen molar-refractivity contribution in [3.05, 3.63) is 0 Å². The van der Waals surface area contributed by atoms with Gasteiger partial charge in [-0.25, -0.2) is 0 Å². The molecule has 0 rings (SSSR count). The van der Waals surface area contributed by atoms with E-state index < -0.39 is 5.79 Å². The van der Waals surface area contributed by atoms with Crippen LogP contribution >= 0.6 is 0 Å². The van der Waals surface area contributed by atoms with E-state index >= 15 is 0 Å². The van der Waals surface area contributed by atoms with E-state index in [1.54, 1.807) is 0 Å². The molecule has 0 saturated carbocycles. The zero-order chi connectivity index (χ0) is 18.4. The van der Waals surface area contributed by atoms with Gasteiger partial charge in [-0.05, 0) is 53.4 Å². The second kappa shape index (κ2) is 14.1. The summed E-state index contributed by atoms with van der Waals surface area (Å²) in [5.74, 6) is -0.161. The monoisotopic (exact) mass is 344 g/mol. The Morgan fingerprint density at radius 3 is 1.71 bits per heavy atom. The molecule has 0 aliphatic heterocycles. The smallest absolute Gasteiger partial charge is 0.171 e. The third kappa shape index (κ3) is 10.0. The van der Waals surface area contributed by atoms with Crippen LogP contribution < -0.4 is 0 Å². The van der Waals surface area contributed by atoms with Gasteiger partial charge >= 0.3 is 0 Å². The van der Waals surface area contributed by atoms with Crippen LogP contribution in [-0.2, 0) is 9.47 Å². The van der Waals surface area contributed by atoms with Crippen LogP contribution in [0.15, 0.2) is 0 Å². The lowest BCUT2D eigenvalue weighted by Crippen LogP contribution is -2.46. The van der Waals surface area contributed by atoms with Gasteiger partial charge in [0.25, 0.3) is 0 Å². The second-order valence-electron chi connectivity index (χ2n) is 7.62. The summed E-state index contributed by atoms with van der Waals surface area (Å²) in [6.45, 7) is 13.0. The molecule has 0 spiro atoms. The summed E-state index contributed by atoms with van der Waals surface area (Å²) in [5, 5.41) is 9.30. The second-order valence-corrected chi connectivity index (χ2v) is 7.62. The molecule has 1 atom stereocenters. The standard InChI is InChI=1S/C21H44O3/c1-7-9-10-11-12-13-15-20(16-14-17-22)21(8-2,23-18(3)4)24-19(5)6/h18-20,22H,7-17H2,1-6H3. The summed E-state index contributed by atoms with van der Waals surface area (Å²) < 4.78 is 12.7. The zero-order valence-corrected chi connectivity index (χ0v) is 17.3. The summed E-state index contributed by atoms with van der Waals surface area (Å²) in [6.07, 6.45) is 11.9. The van der Waals surface area contributed by atoms with Crippen molar-refractivity contribution in [3.63, 3.8) is 0 Å². The lowest BCUT2D eigenvalue weighted by Gasteiger charge is -2.42. The minimum atomic E-state index is -0.513. The molecule has 0 fully saturated rings. The van der Waals surface area contributed by atoms with Crippen LogP contribution in [0.1, 0.15) is 106 Å². The Balaban J connectivity index is 4.86. The Labute approximate surface area is 151 Å². The molecular formula is C21H44O3. The molecule has 146 valence electrons. The number of ether oxygens (including phenoxy) is 2. The largest absolute Gasteiger partial charge is 0.396 e. The van der Waals surface area contributed by atoms with Crippen LogP contribution in [0, 0.1) is 5.92 Å². The van der Waals surface area contributed by atoms with E-state index in [2.05, 4.69) is 41.5 Å². The summed E-state index contributed by atoms with van der Waals surface area (Å²) in [6, 6.07) is 0. The first-order chi connectivity index (χ1) is 11.4. The van der Waals surface area contributed by atoms with Gasteiger partial charge in [-0.2, -0.15) is 0 Å². The predicted molar refractivity (Wildman–Crippen MR) is 103 cm³/mol. The summed E-state index contributed by atoms with van der Waals surface area (Å²) in [4.78, 5) is 0. The molecule has 0 aromatic carbocycles. The van der Waals surface area contributed by atoms with Crippen LogP contribution in [0.5, 0.6) is 0 Å². The van der Waals surface area contributed by atoms with Crippen molar-refractivity contribution in [1.82, 2.24) is 0 Å². The Bertz CT molecular complexity index is 266. The van der Waals surface area contributed by atoms with E-state index in [0.29, 0.717) is 5.92 Å². The Morgan fingerprint density at radius 2 is 1.25 bits per heavy atom. The fraction of sp³-hybridized carbons (Fsp3) is 1.00. The molecule has 0 amide bonds. The Hall–Kier alpha value is -0.120. The van der Waals surface area contributed by atoms with E-state index in [0.717, 1.165) is 25.7 Å². The molecule has 3 heteroatoms. The highest BCUT2D eigenvalue weighted by Crippen LogP contribution is 2.37. The van der Waals surface area contributed by atoms with Crippen molar-refractivity contribution < 1.29 is 14.6 Å². The molecule has 1 unspecified atom stereocenters. The third-order valence-corrected chi connectivity index (χ3v) is 4.60. The molecule has 0 aliphatic carbocycles. The first-order valence-electron chi connectivity index (χ1n) is 10.4. The quantitative estimate of drug-likeness (QED) is 0.272. The van der Waals surface area contributed by atoms with E-state index in [1.165, 1.54) is 38.5 Å². The van der Waals surface area contributed by atoms with E-state index in [4.69, 9.17) is 9.47 Å². The zero-order valence-electron chi connectivity index (χ0n) is 17.3. The summed E-state index contributed by atoms with van der Waals surface area (Å²) in [5.41, 5.74) is 0. The number of rotatable bonds is 16. The highest BCUT2D eigenvalue weighted by atomic mass is 16.7. The van der Waals surface area contributed by atoms with Crippen LogP contribution in [0.2, 0.25) is 0 Å². The molecule has 0 saturated heterocycles. The third-order valence-electron chi connectivity index (χ3n) is 4.60. The number of aliphatic hydroxyl groups is 1. The molecule has 0 radical (unpaired) electrons. The van der Waals surface area contributed by atoms with Crippen molar-refractivity contribution in [2.75, 3.05) is 6.61 Å². The normalized spacial score (nSPS) is 13.9. The maximum absolute atomic E-state index is 9.30. The van der Waals surface area contributed by atoms with Crippen LogP contribution in [-0.4, -0.2) is 29.7 Å². The van der Waals surface area contributed by atoms with Crippen molar-refractivity contribution in [1.29, 1.82) is 0 Å². The maximum atomic E-state index is 9.30. The van der Waals surface area contributed by atoms with Gasteiger partial charge in [-0.1, -0.05) is 52.4 Å². The highest BCUT2D eigenvalue weighted by Gasteiger charge is 2.40. The molecular weight excluding hydrogens is 300 g/mol. The lowest BCUT2D eigenvalue weighted by atomic mass is 9.86. The number of hydrogen-bond donors (Lipinski definition) is 1. The van der Waals surface area contributed by atoms with Gasteiger partial charge in [-0.3, -0.25) is 0 Å². The van der Waals surface area contributed by atoms with Crippen LogP contribution in [0.25, 0.3) is 0 Å². The predicted octanol–water partition coefficient (Wildman–Crippen LogP) is 6.08. The molecule has 0 aliphatic rings. The Morgan fingerprint density at radius 1 is 0.750 bits per heavy atom.